The Labute approximate surface area is 227 Å². The molecule has 3 aromatic rings. The van der Waals surface area contributed by atoms with Crippen molar-refractivity contribution < 1.29 is 34.1 Å². The largest absolute Gasteiger partial charge is 0.508 e. The maximum absolute atomic E-state index is 13.5. The Balaban J connectivity index is 1.89. The molecule has 1 aliphatic rings. The van der Waals surface area contributed by atoms with E-state index in [4.69, 9.17) is 9.47 Å². The van der Waals surface area contributed by atoms with Crippen molar-refractivity contribution in [1.82, 2.24) is 0 Å². The van der Waals surface area contributed by atoms with Crippen molar-refractivity contribution in [1.29, 1.82) is 0 Å². The summed E-state index contributed by atoms with van der Waals surface area (Å²) in [6.45, 7) is 7.94. The van der Waals surface area contributed by atoms with Crippen molar-refractivity contribution in [2.45, 2.75) is 39.2 Å². The Bertz CT molecular complexity index is 1450. The lowest BCUT2D eigenvalue weighted by Crippen LogP contribution is -2.29. The molecule has 1 saturated heterocycles. The molecule has 0 bridgehead atoms. The van der Waals surface area contributed by atoms with E-state index >= 15 is 0 Å². The Morgan fingerprint density at radius 1 is 0.949 bits per heavy atom. The maximum Gasteiger partial charge on any atom is 0.338 e. The van der Waals surface area contributed by atoms with E-state index < -0.39 is 23.7 Å². The van der Waals surface area contributed by atoms with Crippen LogP contribution >= 0.6 is 0 Å². The molecule has 0 radical (unpaired) electrons. The summed E-state index contributed by atoms with van der Waals surface area (Å²) in [5.74, 6) is -1.87. The number of carbonyl (C=O) groups excluding carboxylic acids is 3. The average molecular weight is 530 g/mol. The summed E-state index contributed by atoms with van der Waals surface area (Å²) in [7, 11) is 1.56. The highest BCUT2D eigenvalue weighted by atomic mass is 16.5. The molecule has 39 heavy (non-hydrogen) atoms. The number of aliphatic hydroxyl groups is 1. The van der Waals surface area contributed by atoms with Gasteiger partial charge in [-0.05, 0) is 72.5 Å². The number of aliphatic hydroxyl groups excluding tert-OH is 1. The second-order valence-corrected chi connectivity index (χ2v) is 10.2. The highest BCUT2D eigenvalue weighted by Gasteiger charge is 2.47. The van der Waals surface area contributed by atoms with Gasteiger partial charge >= 0.3 is 5.97 Å². The van der Waals surface area contributed by atoms with Crippen LogP contribution in [0.2, 0.25) is 0 Å². The third-order valence-electron chi connectivity index (χ3n) is 6.59. The molecule has 1 amide bonds. The smallest absolute Gasteiger partial charge is 0.338 e. The zero-order valence-electron chi connectivity index (χ0n) is 22.5. The van der Waals surface area contributed by atoms with Crippen molar-refractivity contribution in [2.24, 2.45) is 0 Å². The van der Waals surface area contributed by atoms with E-state index in [9.17, 15) is 24.6 Å². The molecule has 1 atom stereocenters. The summed E-state index contributed by atoms with van der Waals surface area (Å²) in [6, 6.07) is 16.3. The molecule has 3 aromatic carbocycles. The number of ketones is 1. The first kappa shape index (κ1) is 27.4. The first-order chi connectivity index (χ1) is 18.5. The lowest BCUT2D eigenvalue weighted by molar-refractivity contribution is -0.132. The second-order valence-electron chi connectivity index (χ2n) is 10.2. The molecular formula is C31H31NO7. The predicted octanol–water partition coefficient (Wildman–Crippen LogP) is 5.50. The number of phenols is 1. The number of benzene rings is 3. The van der Waals surface area contributed by atoms with E-state index in [0.717, 1.165) is 5.56 Å². The number of nitrogens with zero attached hydrogens (tertiary/aromatic N) is 1. The number of hydrogen-bond donors (Lipinski definition) is 2. The highest BCUT2D eigenvalue weighted by Crippen LogP contribution is 2.43. The molecule has 4 rings (SSSR count). The van der Waals surface area contributed by atoms with Crippen molar-refractivity contribution >= 4 is 29.1 Å². The van der Waals surface area contributed by atoms with E-state index in [2.05, 4.69) is 0 Å². The summed E-state index contributed by atoms with van der Waals surface area (Å²) in [4.78, 5) is 40.3. The number of hydrogen-bond acceptors (Lipinski definition) is 7. The third kappa shape index (κ3) is 5.23. The van der Waals surface area contributed by atoms with Gasteiger partial charge in [-0.25, -0.2) is 4.79 Å². The summed E-state index contributed by atoms with van der Waals surface area (Å²) in [5, 5.41) is 21.4. The van der Waals surface area contributed by atoms with Gasteiger partial charge in [-0.3, -0.25) is 14.5 Å². The van der Waals surface area contributed by atoms with Crippen LogP contribution in [0.15, 0.2) is 72.3 Å². The van der Waals surface area contributed by atoms with Crippen LogP contribution in [0.3, 0.4) is 0 Å². The van der Waals surface area contributed by atoms with Gasteiger partial charge < -0.3 is 19.7 Å². The summed E-state index contributed by atoms with van der Waals surface area (Å²) >= 11 is 0. The average Bonchev–Trinajstić information content (AvgIpc) is 3.18. The Morgan fingerprint density at radius 3 is 2.13 bits per heavy atom. The normalized spacial score (nSPS) is 16.8. The van der Waals surface area contributed by atoms with Crippen LogP contribution in [0.5, 0.6) is 11.5 Å². The predicted molar refractivity (Wildman–Crippen MR) is 147 cm³/mol. The molecule has 1 heterocycles. The molecular weight excluding hydrogens is 498 g/mol. The van der Waals surface area contributed by atoms with Crippen LogP contribution in [0.1, 0.15) is 60.8 Å². The molecule has 1 aliphatic heterocycles. The third-order valence-corrected chi connectivity index (χ3v) is 6.59. The molecule has 0 saturated carbocycles. The van der Waals surface area contributed by atoms with Crippen LogP contribution in [-0.2, 0) is 19.7 Å². The number of rotatable bonds is 6. The number of methoxy groups -OCH3 is 1. The molecule has 0 spiro atoms. The van der Waals surface area contributed by atoms with Crippen LogP contribution in [0.25, 0.3) is 5.76 Å². The van der Waals surface area contributed by atoms with Crippen LogP contribution in [0.4, 0.5) is 5.69 Å². The molecule has 1 unspecified atom stereocenters. The van der Waals surface area contributed by atoms with E-state index in [0.29, 0.717) is 28.1 Å². The van der Waals surface area contributed by atoms with Crippen LogP contribution in [-0.4, -0.2) is 41.6 Å². The lowest BCUT2D eigenvalue weighted by Gasteiger charge is -2.26. The van der Waals surface area contributed by atoms with Gasteiger partial charge in [0.05, 0.1) is 30.9 Å². The van der Waals surface area contributed by atoms with Gasteiger partial charge in [0, 0.05) is 16.8 Å². The van der Waals surface area contributed by atoms with Gasteiger partial charge in [-0.2, -0.15) is 0 Å². The van der Waals surface area contributed by atoms with Crippen molar-refractivity contribution in [3.05, 3.63) is 94.6 Å². The maximum atomic E-state index is 13.5. The summed E-state index contributed by atoms with van der Waals surface area (Å²) < 4.78 is 10.5. The quantitative estimate of drug-likeness (QED) is 0.188. The van der Waals surface area contributed by atoms with E-state index in [-0.39, 0.29) is 29.1 Å². The van der Waals surface area contributed by atoms with Gasteiger partial charge in [-0.1, -0.05) is 32.9 Å². The van der Waals surface area contributed by atoms with Crippen molar-refractivity contribution in [3.63, 3.8) is 0 Å². The van der Waals surface area contributed by atoms with Gasteiger partial charge in [0.1, 0.15) is 17.3 Å². The van der Waals surface area contributed by atoms with Gasteiger partial charge in [-0.15, -0.1) is 0 Å². The number of esters is 1. The number of aromatic hydroxyl groups is 1. The number of anilines is 1. The van der Waals surface area contributed by atoms with E-state index in [1.807, 2.05) is 20.8 Å². The van der Waals surface area contributed by atoms with E-state index in [1.165, 1.54) is 29.2 Å². The molecule has 0 aromatic heterocycles. The SMILES string of the molecule is CCOC(=O)c1ccc(N2C(=O)C(=O)/C(=C(\O)c3ccc(OC)c(C(C)(C)C)c3)C2c2ccc(O)cc2)cc1. The van der Waals surface area contributed by atoms with Crippen molar-refractivity contribution in [3.8, 4) is 11.5 Å². The number of carbonyl (C=O) groups is 3. The Morgan fingerprint density at radius 2 is 1.56 bits per heavy atom. The number of Topliss-reactive ketones (excluding diaryl/α,β-unsaturated/α-hetero) is 1. The lowest BCUT2D eigenvalue weighted by atomic mass is 9.84. The molecule has 8 nitrogen and oxygen atoms in total. The zero-order valence-corrected chi connectivity index (χ0v) is 22.5. The summed E-state index contributed by atoms with van der Waals surface area (Å²) in [6.07, 6.45) is 0. The number of phenolic OH excluding ortho intramolecular Hbond substituents is 1. The van der Waals surface area contributed by atoms with Crippen LogP contribution in [0, 0.1) is 0 Å². The monoisotopic (exact) mass is 529 g/mol. The first-order valence-electron chi connectivity index (χ1n) is 12.5. The summed E-state index contributed by atoms with van der Waals surface area (Å²) in [5.41, 5.74) is 1.92. The number of amides is 1. The molecule has 202 valence electrons. The second kappa shape index (κ2) is 10.6. The van der Waals surface area contributed by atoms with Crippen LogP contribution < -0.4 is 9.64 Å². The Kier molecular flexibility index (Phi) is 7.49. The molecule has 0 aliphatic carbocycles. The fourth-order valence-corrected chi connectivity index (χ4v) is 4.64. The number of ether oxygens (including phenoxy) is 2. The standard InChI is InChI=1S/C31H31NO7/c1-6-39-30(37)19-7-12-21(13-8-19)32-26(18-9-14-22(33)15-10-18)25(28(35)29(32)36)27(34)20-11-16-24(38-5)23(17-20)31(2,3)4/h7-17,26,33-34H,6H2,1-5H3/b27-25-. The van der Waals surface area contributed by atoms with Gasteiger partial charge in [0.25, 0.3) is 11.7 Å². The first-order valence-corrected chi connectivity index (χ1v) is 12.5. The van der Waals surface area contributed by atoms with Gasteiger partial charge in [0.15, 0.2) is 0 Å². The fourth-order valence-electron chi connectivity index (χ4n) is 4.64. The zero-order chi connectivity index (χ0) is 28.5. The minimum absolute atomic E-state index is 0.0134. The van der Waals surface area contributed by atoms with E-state index in [1.54, 1.807) is 56.5 Å². The van der Waals surface area contributed by atoms with Crippen molar-refractivity contribution in [2.75, 3.05) is 18.6 Å². The minimum Gasteiger partial charge on any atom is -0.508 e. The fraction of sp³-hybridized carbons (Fsp3) is 0.258. The highest BCUT2D eigenvalue weighted by molar-refractivity contribution is 6.51. The molecule has 1 fully saturated rings. The minimum atomic E-state index is -0.987. The van der Waals surface area contributed by atoms with Gasteiger partial charge in [0.2, 0.25) is 0 Å². The molecule has 8 heteroatoms. The Hall–Kier alpha value is -4.59. The topological polar surface area (TPSA) is 113 Å². The molecule has 2 N–H and O–H groups in total.